The molecule has 2 aromatic rings. The summed E-state index contributed by atoms with van der Waals surface area (Å²) >= 11 is 0. The first kappa shape index (κ1) is 15.6. The topological polar surface area (TPSA) is 66.8 Å². The van der Waals surface area contributed by atoms with E-state index in [9.17, 15) is 4.79 Å². The molecule has 0 saturated carbocycles. The zero-order chi connectivity index (χ0) is 15.6. The van der Waals surface area contributed by atoms with E-state index >= 15 is 0 Å². The van der Waals surface area contributed by atoms with Gasteiger partial charge in [0, 0.05) is 0 Å². The van der Waals surface area contributed by atoms with E-state index in [-0.39, 0.29) is 0 Å². The minimum absolute atomic E-state index is 0.384. The summed E-state index contributed by atoms with van der Waals surface area (Å²) in [7, 11) is -2.71. The molecular weight excluding hydrogens is 287 g/mol. The summed E-state index contributed by atoms with van der Waals surface area (Å²) in [5, 5.41) is 0. The van der Waals surface area contributed by atoms with Gasteiger partial charge in [0.05, 0.1) is 5.56 Å². The van der Waals surface area contributed by atoms with Crippen LogP contribution in [0.15, 0.2) is 36.4 Å². The molecule has 0 radical (unpaired) electrons. The molecule has 0 bridgehead atoms. The van der Waals surface area contributed by atoms with E-state index in [1.54, 1.807) is 0 Å². The monoisotopic (exact) mass is 304 g/mol. The Balaban J connectivity index is 2.61. The van der Waals surface area contributed by atoms with E-state index in [1.807, 2.05) is 57.2 Å². The number of hydrogen-bond donors (Lipinski definition) is 2. The van der Waals surface area contributed by atoms with Crippen LogP contribution in [0.3, 0.4) is 0 Å². The summed E-state index contributed by atoms with van der Waals surface area (Å²) in [6, 6.07) is 11.7. The van der Waals surface area contributed by atoms with Crippen LogP contribution in [0.5, 0.6) is 0 Å². The molecule has 0 atom stereocenters. The fraction of sp³-hybridized carbons (Fsp3) is 0.188. The predicted octanol–water partition coefficient (Wildman–Crippen LogP) is 3.65. The quantitative estimate of drug-likeness (QED) is 0.849. The molecule has 21 heavy (non-hydrogen) atoms. The van der Waals surface area contributed by atoms with Crippen molar-refractivity contribution in [2.45, 2.75) is 20.8 Å². The van der Waals surface area contributed by atoms with Crippen LogP contribution in [-0.4, -0.2) is 15.8 Å². The van der Waals surface area contributed by atoms with Crippen molar-refractivity contribution in [3.63, 3.8) is 0 Å². The third kappa shape index (κ3) is 3.30. The first-order valence-electron chi connectivity index (χ1n) is 6.48. The lowest BCUT2D eigenvalue weighted by Gasteiger charge is -2.17. The Morgan fingerprint density at radius 3 is 2.24 bits per heavy atom. The van der Waals surface area contributed by atoms with E-state index in [0.29, 0.717) is 5.56 Å². The zero-order valence-electron chi connectivity index (χ0n) is 12.1. The SMILES string of the molecule is Cc1cc(C)c(-c2ccccc2)c(C)c1C(=O)OP(O)O. The van der Waals surface area contributed by atoms with Gasteiger partial charge in [-0.1, -0.05) is 36.4 Å². The summed E-state index contributed by atoms with van der Waals surface area (Å²) in [5.41, 5.74) is 4.95. The molecule has 0 aromatic heterocycles. The van der Waals surface area contributed by atoms with Crippen LogP contribution in [0.2, 0.25) is 0 Å². The summed E-state index contributed by atoms with van der Waals surface area (Å²) in [6.45, 7) is 5.64. The van der Waals surface area contributed by atoms with Crippen molar-refractivity contribution in [2.75, 3.05) is 0 Å². The van der Waals surface area contributed by atoms with E-state index < -0.39 is 14.6 Å². The molecule has 2 aromatic carbocycles. The maximum atomic E-state index is 12.1. The van der Waals surface area contributed by atoms with Gasteiger partial charge < -0.3 is 14.3 Å². The smallest absolute Gasteiger partial charge is 0.391 e. The molecule has 5 heteroatoms. The van der Waals surface area contributed by atoms with Gasteiger partial charge in [0.15, 0.2) is 0 Å². The lowest BCUT2D eigenvalue weighted by molar-refractivity contribution is 0.0713. The zero-order valence-corrected chi connectivity index (χ0v) is 13.0. The van der Waals surface area contributed by atoms with Gasteiger partial charge in [-0.3, -0.25) is 0 Å². The number of aryl methyl sites for hydroxylation is 2. The van der Waals surface area contributed by atoms with Gasteiger partial charge in [-0.25, -0.2) is 4.79 Å². The Morgan fingerprint density at radius 1 is 1.05 bits per heavy atom. The van der Waals surface area contributed by atoms with Crippen LogP contribution in [0.4, 0.5) is 0 Å². The van der Waals surface area contributed by atoms with Crippen LogP contribution >= 0.6 is 8.60 Å². The highest BCUT2D eigenvalue weighted by atomic mass is 31.2. The van der Waals surface area contributed by atoms with Crippen molar-refractivity contribution in [3.8, 4) is 11.1 Å². The second-order valence-electron chi connectivity index (χ2n) is 4.88. The van der Waals surface area contributed by atoms with Crippen molar-refractivity contribution in [2.24, 2.45) is 0 Å². The molecule has 0 fully saturated rings. The van der Waals surface area contributed by atoms with Crippen molar-refractivity contribution in [1.29, 1.82) is 0 Å². The Morgan fingerprint density at radius 2 is 1.67 bits per heavy atom. The second kappa shape index (κ2) is 6.35. The molecule has 2 rings (SSSR count). The molecular formula is C16H17O4P. The van der Waals surface area contributed by atoms with E-state index in [4.69, 9.17) is 9.79 Å². The van der Waals surface area contributed by atoms with Crippen LogP contribution < -0.4 is 0 Å². The van der Waals surface area contributed by atoms with E-state index in [2.05, 4.69) is 4.52 Å². The lowest BCUT2D eigenvalue weighted by Crippen LogP contribution is -2.08. The van der Waals surface area contributed by atoms with Gasteiger partial charge in [0.2, 0.25) is 0 Å². The summed E-state index contributed by atoms with van der Waals surface area (Å²) < 4.78 is 4.57. The molecule has 0 saturated heterocycles. The summed E-state index contributed by atoms with van der Waals surface area (Å²) in [6.07, 6.45) is 0. The fourth-order valence-corrected chi connectivity index (χ4v) is 2.91. The molecule has 0 aliphatic heterocycles. The minimum Gasteiger partial charge on any atom is -0.391 e. The molecule has 0 amide bonds. The molecule has 0 aliphatic carbocycles. The molecule has 0 unspecified atom stereocenters. The number of rotatable bonds is 3. The maximum Gasteiger partial charge on any atom is 0.394 e. The number of benzene rings is 2. The first-order valence-corrected chi connectivity index (χ1v) is 7.64. The van der Waals surface area contributed by atoms with Crippen LogP contribution in [0.1, 0.15) is 27.0 Å². The predicted molar refractivity (Wildman–Crippen MR) is 82.9 cm³/mol. The van der Waals surface area contributed by atoms with Gasteiger partial charge in [0.25, 0.3) is 0 Å². The van der Waals surface area contributed by atoms with Crippen molar-refractivity contribution in [1.82, 2.24) is 0 Å². The molecule has 0 aliphatic rings. The fourth-order valence-electron chi connectivity index (χ4n) is 2.67. The van der Waals surface area contributed by atoms with Crippen LogP contribution in [-0.2, 0) is 4.52 Å². The maximum absolute atomic E-state index is 12.1. The van der Waals surface area contributed by atoms with Crippen molar-refractivity contribution in [3.05, 3.63) is 58.7 Å². The van der Waals surface area contributed by atoms with Gasteiger partial charge in [-0.2, -0.15) is 0 Å². The highest BCUT2D eigenvalue weighted by Gasteiger charge is 2.21. The Labute approximate surface area is 125 Å². The Hall–Kier alpha value is -1.74. The normalized spacial score (nSPS) is 10.8. The Kier molecular flexibility index (Phi) is 4.73. The molecule has 110 valence electrons. The largest absolute Gasteiger partial charge is 0.394 e. The average Bonchev–Trinajstić information content (AvgIpc) is 2.38. The number of carbonyl (C=O) groups excluding carboxylic acids is 1. The second-order valence-corrected chi connectivity index (χ2v) is 5.57. The molecule has 2 N–H and O–H groups in total. The highest BCUT2D eigenvalue weighted by Crippen LogP contribution is 2.34. The first-order chi connectivity index (χ1) is 9.91. The highest BCUT2D eigenvalue weighted by molar-refractivity contribution is 7.40. The Bertz CT molecular complexity index is 666. The molecule has 0 heterocycles. The van der Waals surface area contributed by atoms with Crippen LogP contribution in [0, 0.1) is 20.8 Å². The minimum atomic E-state index is -2.71. The van der Waals surface area contributed by atoms with Crippen molar-refractivity contribution >= 4 is 14.6 Å². The van der Waals surface area contributed by atoms with E-state index in [1.165, 1.54) is 0 Å². The molecule has 4 nitrogen and oxygen atoms in total. The number of hydrogen-bond acceptors (Lipinski definition) is 4. The van der Waals surface area contributed by atoms with E-state index in [0.717, 1.165) is 27.8 Å². The van der Waals surface area contributed by atoms with Gasteiger partial charge in [-0.15, -0.1) is 0 Å². The standard InChI is InChI=1S/C16H17O4P/c1-10-9-11(2)15(16(17)20-21(18)19)12(3)14(10)13-7-5-4-6-8-13/h4-9,18-19H,1-3H3. The van der Waals surface area contributed by atoms with Gasteiger partial charge >= 0.3 is 14.6 Å². The third-order valence-electron chi connectivity index (χ3n) is 3.40. The lowest BCUT2D eigenvalue weighted by atomic mass is 9.89. The molecule has 0 spiro atoms. The number of carbonyl (C=O) groups is 1. The summed E-state index contributed by atoms with van der Waals surface area (Å²) in [4.78, 5) is 29.8. The van der Waals surface area contributed by atoms with Gasteiger partial charge in [-0.05, 0) is 48.6 Å². The van der Waals surface area contributed by atoms with Crippen LogP contribution in [0.25, 0.3) is 11.1 Å². The third-order valence-corrected chi connectivity index (χ3v) is 3.73. The van der Waals surface area contributed by atoms with Crippen molar-refractivity contribution < 1.29 is 19.1 Å². The van der Waals surface area contributed by atoms with Gasteiger partial charge in [0.1, 0.15) is 0 Å². The summed E-state index contributed by atoms with van der Waals surface area (Å²) in [5.74, 6) is -0.710. The average molecular weight is 304 g/mol.